The summed E-state index contributed by atoms with van der Waals surface area (Å²) < 4.78 is 0. The number of aryl methyl sites for hydroxylation is 1. The zero-order valence-corrected chi connectivity index (χ0v) is 10.6. The van der Waals surface area contributed by atoms with Gasteiger partial charge in [-0.3, -0.25) is 0 Å². The van der Waals surface area contributed by atoms with Gasteiger partial charge in [-0.1, -0.05) is 12.1 Å². The van der Waals surface area contributed by atoms with Crippen LogP contribution < -0.4 is 10.2 Å². The third kappa shape index (κ3) is 2.22. The molecule has 0 radical (unpaired) electrons. The molecule has 2 heteroatoms. The van der Waals surface area contributed by atoms with E-state index in [0.29, 0.717) is 0 Å². The molecule has 0 bridgehead atoms. The molecule has 0 saturated carbocycles. The first-order valence-electron chi connectivity index (χ1n) is 6.18. The Kier molecular flexibility index (Phi) is 3.49. The third-order valence-electron chi connectivity index (χ3n) is 3.70. The van der Waals surface area contributed by atoms with Gasteiger partial charge in [0, 0.05) is 18.8 Å². The molecule has 0 aromatic heterocycles. The lowest BCUT2D eigenvalue weighted by molar-refractivity contribution is 0.549. The van der Waals surface area contributed by atoms with Crippen molar-refractivity contribution in [2.75, 3.05) is 31.6 Å². The number of hydrogen-bond acceptors (Lipinski definition) is 2. The predicted octanol–water partition coefficient (Wildman–Crippen LogP) is 2.35. The molecule has 2 rings (SSSR count). The number of rotatable bonds is 3. The van der Waals surface area contributed by atoms with Crippen molar-refractivity contribution in [3.63, 3.8) is 0 Å². The van der Waals surface area contributed by atoms with Crippen LogP contribution in [0.15, 0.2) is 18.2 Å². The van der Waals surface area contributed by atoms with Crippen molar-refractivity contribution in [1.29, 1.82) is 0 Å². The number of benzene rings is 1. The lowest BCUT2D eigenvalue weighted by Gasteiger charge is -2.22. The second-order valence-electron chi connectivity index (χ2n) is 4.88. The molecule has 1 fully saturated rings. The number of hydrogen-bond donors (Lipinski definition) is 1. The summed E-state index contributed by atoms with van der Waals surface area (Å²) in [6.07, 6.45) is 1.31. The maximum atomic E-state index is 3.28. The molecular weight excluding hydrogens is 196 g/mol. The highest BCUT2D eigenvalue weighted by Gasteiger charge is 2.22. The van der Waals surface area contributed by atoms with E-state index in [1.165, 1.54) is 36.3 Å². The van der Waals surface area contributed by atoms with E-state index >= 15 is 0 Å². The topological polar surface area (TPSA) is 15.3 Å². The highest BCUT2D eigenvalue weighted by Crippen LogP contribution is 2.27. The van der Waals surface area contributed by atoms with E-state index in [-0.39, 0.29) is 0 Å². The fourth-order valence-electron chi connectivity index (χ4n) is 2.58. The molecule has 1 unspecified atom stereocenters. The molecule has 1 N–H and O–H groups in total. The lowest BCUT2D eigenvalue weighted by atomic mass is 10.1. The standard InChI is InChI=1S/C14H22N2/c1-11-5-4-6-14(12(11)2)16-8-7-13(10-16)9-15-3/h4-6,13,15H,7-10H2,1-3H3. The largest absolute Gasteiger partial charge is 0.371 e. The van der Waals surface area contributed by atoms with Crippen LogP contribution in [0.5, 0.6) is 0 Å². The zero-order chi connectivity index (χ0) is 11.5. The highest BCUT2D eigenvalue weighted by atomic mass is 15.2. The van der Waals surface area contributed by atoms with E-state index < -0.39 is 0 Å². The summed E-state index contributed by atoms with van der Waals surface area (Å²) in [5.74, 6) is 0.810. The van der Waals surface area contributed by atoms with Crippen molar-refractivity contribution in [2.45, 2.75) is 20.3 Å². The van der Waals surface area contributed by atoms with E-state index in [1.54, 1.807) is 0 Å². The maximum absolute atomic E-state index is 3.28. The Morgan fingerprint density at radius 1 is 1.38 bits per heavy atom. The average molecular weight is 218 g/mol. The molecule has 1 aromatic carbocycles. The van der Waals surface area contributed by atoms with E-state index in [0.717, 1.165) is 12.5 Å². The molecule has 1 aliphatic heterocycles. The average Bonchev–Trinajstić information content (AvgIpc) is 2.71. The number of nitrogens with one attached hydrogen (secondary N) is 1. The fraction of sp³-hybridized carbons (Fsp3) is 0.571. The summed E-state index contributed by atoms with van der Waals surface area (Å²) in [5, 5.41) is 3.28. The second-order valence-corrected chi connectivity index (χ2v) is 4.88. The van der Waals surface area contributed by atoms with E-state index in [4.69, 9.17) is 0 Å². The second kappa shape index (κ2) is 4.88. The molecule has 16 heavy (non-hydrogen) atoms. The van der Waals surface area contributed by atoms with Gasteiger partial charge in [-0.05, 0) is 57.0 Å². The summed E-state index contributed by atoms with van der Waals surface area (Å²) in [4.78, 5) is 2.53. The minimum atomic E-state index is 0.810. The van der Waals surface area contributed by atoms with Crippen molar-refractivity contribution in [2.24, 2.45) is 5.92 Å². The molecule has 0 amide bonds. The molecule has 1 heterocycles. The Labute approximate surface area is 98.7 Å². The van der Waals surface area contributed by atoms with Gasteiger partial charge in [-0.25, -0.2) is 0 Å². The molecule has 1 aliphatic rings. The molecule has 2 nitrogen and oxygen atoms in total. The third-order valence-corrected chi connectivity index (χ3v) is 3.70. The minimum Gasteiger partial charge on any atom is -0.371 e. The lowest BCUT2D eigenvalue weighted by Crippen LogP contribution is -2.24. The maximum Gasteiger partial charge on any atom is 0.0398 e. The van der Waals surface area contributed by atoms with Crippen LogP contribution in [0.1, 0.15) is 17.5 Å². The van der Waals surface area contributed by atoms with Gasteiger partial charge >= 0.3 is 0 Å². The Hall–Kier alpha value is -1.02. The summed E-state index contributed by atoms with van der Waals surface area (Å²) in [7, 11) is 2.04. The summed E-state index contributed by atoms with van der Waals surface area (Å²) in [5.41, 5.74) is 4.26. The Morgan fingerprint density at radius 3 is 2.94 bits per heavy atom. The highest BCUT2D eigenvalue weighted by molar-refractivity contribution is 5.56. The van der Waals surface area contributed by atoms with Gasteiger partial charge in [0.25, 0.3) is 0 Å². The molecule has 1 saturated heterocycles. The van der Waals surface area contributed by atoms with Crippen LogP contribution in [0.3, 0.4) is 0 Å². The number of anilines is 1. The van der Waals surface area contributed by atoms with Crippen molar-refractivity contribution in [3.05, 3.63) is 29.3 Å². The van der Waals surface area contributed by atoms with Crippen LogP contribution >= 0.6 is 0 Å². The Balaban J connectivity index is 2.11. The van der Waals surface area contributed by atoms with Gasteiger partial charge in [0.15, 0.2) is 0 Å². The summed E-state index contributed by atoms with van der Waals surface area (Å²) >= 11 is 0. The monoisotopic (exact) mass is 218 g/mol. The van der Waals surface area contributed by atoms with Gasteiger partial charge < -0.3 is 10.2 Å². The van der Waals surface area contributed by atoms with Crippen molar-refractivity contribution >= 4 is 5.69 Å². The van der Waals surface area contributed by atoms with Crippen LogP contribution in [0, 0.1) is 19.8 Å². The summed E-state index contributed by atoms with van der Waals surface area (Å²) in [6, 6.07) is 6.62. The van der Waals surface area contributed by atoms with E-state index in [2.05, 4.69) is 42.3 Å². The van der Waals surface area contributed by atoms with E-state index in [1.807, 2.05) is 7.05 Å². The SMILES string of the molecule is CNCC1CCN(c2cccc(C)c2C)C1. The van der Waals surface area contributed by atoms with Gasteiger partial charge in [0.2, 0.25) is 0 Å². The molecule has 0 aliphatic carbocycles. The normalized spacial score (nSPS) is 20.4. The first-order chi connectivity index (χ1) is 7.72. The Morgan fingerprint density at radius 2 is 2.19 bits per heavy atom. The fourth-order valence-corrected chi connectivity index (χ4v) is 2.58. The molecule has 1 aromatic rings. The first kappa shape index (κ1) is 11.5. The summed E-state index contributed by atoms with van der Waals surface area (Å²) in [6.45, 7) is 7.97. The molecule has 0 spiro atoms. The quantitative estimate of drug-likeness (QED) is 0.838. The van der Waals surface area contributed by atoms with Crippen LogP contribution in [0.25, 0.3) is 0 Å². The molecule has 1 atom stereocenters. The van der Waals surface area contributed by atoms with Gasteiger partial charge in [0.1, 0.15) is 0 Å². The Bertz CT molecular complexity index is 360. The van der Waals surface area contributed by atoms with Gasteiger partial charge in [-0.15, -0.1) is 0 Å². The van der Waals surface area contributed by atoms with Crippen molar-refractivity contribution in [1.82, 2.24) is 5.32 Å². The van der Waals surface area contributed by atoms with Crippen molar-refractivity contribution in [3.8, 4) is 0 Å². The molecule has 88 valence electrons. The first-order valence-corrected chi connectivity index (χ1v) is 6.18. The smallest absolute Gasteiger partial charge is 0.0398 e. The van der Waals surface area contributed by atoms with Gasteiger partial charge in [-0.2, -0.15) is 0 Å². The minimum absolute atomic E-state index is 0.810. The van der Waals surface area contributed by atoms with Crippen LogP contribution in [-0.4, -0.2) is 26.7 Å². The van der Waals surface area contributed by atoms with Crippen molar-refractivity contribution < 1.29 is 0 Å². The number of nitrogens with zero attached hydrogens (tertiary/aromatic N) is 1. The van der Waals surface area contributed by atoms with Crippen LogP contribution in [-0.2, 0) is 0 Å². The molecular formula is C14H22N2. The van der Waals surface area contributed by atoms with Crippen LogP contribution in [0.2, 0.25) is 0 Å². The van der Waals surface area contributed by atoms with Crippen LogP contribution in [0.4, 0.5) is 5.69 Å². The van der Waals surface area contributed by atoms with E-state index in [9.17, 15) is 0 Å². The van der Waals surface area contributed by atoms with Gasteiger partial charge in [0.05, 0.1) is 0 Å². The zero-order valence-electron chi connectivity index (χ0n) is 10.6. The predicted molar refractivity (Wildman–Crippen MR) is 70.2 cm³/mol.